The van der Waals surface area contributed by atoms with Gasteiger partial charge in [-0.1, -0.05) is 46.2 Å². The van der Waals surface area contributed by atoms with Crippen molar-refractivity contribution in [3.63, 3.8) is 0 Å². The molecule has 2 unspecified atom stereocenters. The minimum atomic E-state index is -4.29. The molecule has 0 spiro atoms. The second-order valence-corrected chi connectivity index (χ2v) is 8.53. The third-order valence-corrected chi connectivity index (χ3v) is 6.18. The molecule has 2 aliphatic rings. The van der Waals surface area contributed by atoms with Crippen molar-refractivity contribution in [2.75, 3.05) is 6.61 Å². The predicted octanol–water partition coefficient (Wildman–Crippen LogP) is 5.85. The number of ether oxygens (including phenoxy) is 1. The Kier molecular flexibility index (Phi) is 5.11. The van der Waals surface area contributed by atoms with Crippen LogP contribution in [0.2, 0.25) is 0 Å². The van der Waals surface area contributed by atoms with E-state index in [1.165, 1.54) is 12.1 Å². The van der Waals surface area contributed by atoms with E-state index in [4.69, 9.17) is 9.73 Å². The lowest BCUT2D eigenvalue weighted by molar-refractivity contribution is -0.137. The van der Waals surface area contributed by atoms with E-state index in [2.05, 4.69) is 27.7 Å². The van der Waals surface area contributed by atoms with E-state index in [1.807, 2.05) is 0 Å². The maximum atomic E-state index is 12.9. The Labute approximate surface area is 153 Å². The van der Waals surface area contributed by atoms with Crippen molar-refractivity contribution >= 4 is 5.90 Å². The number of nitrogens with zero attached hydrogens (tertiary/aromatic N) is 1. The van der Waals surface area contributed by atoms with Crippen LogP contribution in [0.1, 0.15) is 58.1 Å². The van der Waals surface area contributed by atoms with Gasteiger partial charge in [0.2, 0.25) is 0 Å². The number of alkyl halides is 3. The molecule has 1 aliphatic carbocycles. The van der Waals surface area contributed by atoms with Gasteiger partial charge in [-0.3, -0.25) is 0 Å². The Morgan fingerprint density at radius 3 is 2.19 bits per heavy atom. The SMILES string of the molecule is CC(C)C1COC([C@@H]2CCCC2C(C)(C)c2ccc(C(F)(F)F)cc2)=N1. The molecule has 1 aromatic carbocycles. The summed E-state index contributed by atoms with van der Waals surface area (Å²) in [6.45, 7) is 9.22. The summed E-state index contributed by atoms with van der Waals surface area (Å²) < 4.78 is 44.5. The molecule has 3 rings (SSSR count). The average molecular weight is 367 g/mol. The second kappa shape index (κ2) is 6.90. The van der Waals surface area contributed by atoms with Crippen LogP contribution in [-0.2, 0) is 16.3 Å². The van der Waals surface area contributed by atoms with Crippen LogP contribution in [0.25, 0.3) is 0 Å². The van der Waals surface area contributed by atoms with Gasteiger partial charge in [0.05, 0.1) is 11.6 Å². The second-order valence-electron chi connectivity index (χ2n) is 8.53. The monoisotopic (exact) mass is 367 g/mol. The van der Waals surface area contributed by atoms with Crippen molar-refractivity contribution in [1.29, 1.82) is 0 Å². The van der Waals surface area contributed by atoms with Gasteiger partial charge in [-0.25, -0.2) is 4.99 Å². The lowest BCUT2D eigenvalue weighted by Gasteiger charge is -2.36. The molecule has 1 aromatic rings. The fourth-order valence-corrected chi connectivity index (χ4v) is 4.38. The van der Waals surface area contributed by atoms with E-state index >= 15 is 0 Å². The van der Waals surface area contributed by atoms with Gasteiger partial charge in [0, 0.05) is 5.92 Å². The van der Waals surface area contributed by atoms with Crippen LogP contribution < -0.4 is 0 Å². The molecule has 0 N–H and O–H groups in total. The first-order valence-electron chi connectivity index (χ1n) is 9.49. The Balaban J connectivity index is 1.83. The fourth-order valence-electron chi connectivity index (χ4n) is 4.38. The molecule has 1 aliphatic heterocycles. The number of halogens is 3. The topological polar surface area (TPSA) is 21.6 Å². The quantitative estimate of drug-likeness (QED) is 0.654. The van der Waals surface area contributed by atoms with Gasteiger partial charge < -0.3 is 4.74 Å². The minimum Gasteiger partial charge on any atom is -0.478 e. The highest BCUT2D eigenvalue weighted by atomic mass is 19.4. The van der Waals surface area contributed by atoms with E-state index in [1.54, 1.807) is 12.1 Å². The summed E-state index contributed by atoms with van der Waals surface area (Å²) in [7, 11) is 0. The maximum Gasteiger partial charge on any atom is 0.416 e. The fraction of sp³-hybridized carbons (Fsp3) is 0.667. The number of rotatable bonds is 4. The summed E-state index contributed by atoms with van der Waals surface area (Å²) in [6.07, 6.45) is -1.10. The molecule has 2 nitrogen and oxygen atoms in total. The van der Waals surface area contributed by atoms with Gasteiger partial charge in [-0.15, -0.1) is 0 Å². The first-order chi connectivity index (χ1) is 12.1. The van der Waals surface area contributed by atoms with Crippen molar-refractivity contribution in [3.8, 4) is 0 Å². The molecule has 1 heterocycles. The summed E-state index contributed by atoms with van der Waals surface area (Å²) in [6, 6.07) is 5.87. The highest BCUT2D eigenvalue weighted by Gasteiger charge is 2.44. The Bertz CT molecular complexity index is 661. The number of aliphatic imine (C=N–C) groups is 1. The summed E-state index contributed by atoms with van der Waals surface area (Å²) in [5.41, 5.74) is 0.123. The largest absolute Gasteiger partial charge is 0.478 e. The molecule has 3 atom stereocenters. The third-order valence-electron chi connectivity index (χ3n) is 6.18. The van der Waals surface area contributed by atoms with Gasteiger partial charge in [0.15, 0.2) is 5.90 Å². The molecular weight excluding hydrogens is 339 g/mol. The molecule has 1 saturated carbocycles. The minimum absolute atomic E-state index is 0.223. The smallest absolute Gasteiger partial charge is 0.416 e. The summed E-state index contributed by atoms with van der Waals surface area (Å²) in [4.78, 5) is 4.82. The maximum absolute atomic E-state index is 12.9. The Morgan fingerprint density at radius 1 is 1.04 bits per heavy atom. The zero-order chi connectivity index (χ0) is 19.1. The van der Waals surface area contributed by atoms with Crippen LogP contribution >= 0.6 is 0 Å². The molecule has 5 heteroatoms. The van der Waals surface area contributed by atoms with E-state index in [-0.39, 0.29) is 17.4 Å². The number of hydrogen-bond acceptors (Lipinski definition) is 2. The van der Waals surface area contributed by atoms with Crippen LogP contribution in [0, 0.1) is 17.8 Å². The van der Waals surface area contributed by atoms with Crippen molar-refractivity contribution in [2.24, 2.45) is 22.7 Å². The molecule has 0 saturated heterocycles. The van der Waals surface area contributed by atoms with Gasteiger partial charge in [0.25, 0.3) is 0 Å². The molecule has 144 valence electrons. The van der Waals surface area contributed by atoms with Crippen LogP contribution in [0.15, 0.2) is 29.3 Å². The van der Waals surface area contributed by atoms with Gasteiger partial charge >= 0.3 is 6.18 Å². The molecular formula is C21H28F3NO. The average Bonchev–Trinajstić information content (AvgIpc) is 3.23. The van der Waals surface area contributed by atoms with E-state index in [0.29, 0.717) is 18.4 Å². The summed E-state index contributed by atoms with van der Waals surface area (Å²) >= 11 is 0. The number of hydrogen-bond donors (Lipinski definition) is 0. The van der Waals surface area contributed by atoms with E-state index in [9.17, 15) is 13.2 Å². The van der Waals surface area contributed by atoms with Crippen LogP contribution in [0.4, 0.5) is 13.2 Å². The lowest BCUT2D eigenvalue weighted by Crippen LogP contribution is -2.35. The third kappa shape index (κ3) is 3.63. The van der Waals surface area contributed by atoms with Gasteiger partial charge in [-0.05, 0) is 47.8 Å². The molecule has 0 aromatic heterocycles. The molecule has 1 fully saturated rings. The normalized spacial score (nSPS) is 26.9. The van der Waals surface area contributed by atoms with Gasteiger partial charge in [-0.2, -0.15) is 13.2 Å². The zero-order valence-corrected chi connectivity index (χ0v) is 15.9. The molecule has 0 amide bonds. The number of benzene rings is 1. The van der Waals surface area contributed by atoms with Gasteiger partial charge in [0.1, 0.15) is 6.61 Å². The van der Waals surface area contributed by atoms with Crippen molar-refractivity contribution in [2.45, 2.75) is 64.6 Å². The molecule has 0 bridgehead atoms. The van der Waals surface area contributed by atoms with Crippen LogP contribution in [-0.4, -0.2) is 18.5 Å². The highest BCUT2D eigenvalue weighted by molar-refractivity contribution is 5.81. The first-order valence-corrected chi connectivity index (χ1v) is 9.49. The highest BCUT2D eigenvalue weighted by Crippen LogP contribution is 2.47. The standard InChI is InChI=1S/C21H28F3NO/c1-13(2)18-12-26-19(25-18)16-6-5-7-17(16)20(3,4)14-8-10-15(11-9-14)21(22,23)24/h8-11,13,16-18H,5-7,12H2,1-4H3/t16-,17?,18?/m1/s1. The summed E-state index contributed by atoms with van der Waals surface area (Å²) in [5.74, 6) is 1.90. The molecule has 0 radical (unpaired) electrons. The first kappa shape index (κ1) is 19.2. The van der Waals surface area contributed by atoms with Crippen molar-refractivity contribution in [1.82, 2.24) is 0 Å². The van der Waals surface area contributed by atoms with Crippen molar-refractivity contribution in [3.05, 3.63) is 35.4 Å². The zero-order valence-electron chi connectivity index (χ0n) is 15.9. The van der Waals surface area contributed by atoms with Crippen molar-refractivity contribution < 1.29 is 17.9 Å². The Hall–Kier alpha value is -1.52. The Morgan fingerprint density at radius 2 is 1.65 bits per heavy atom. The predicted molar refractivity (Wildman–Crippen MR) is 97.3 cm³/mol. The van der Waals surface area contributed by atoms with E-state index in [0.717, 1.165) is 30.7 Å². The van der Waals surface area contributed by atoms with E-state index < -0.39 is 11.7 Å². The van der Waals surface area contributed by atoms with Crippen LogP contribution in [0.5, 0.6) is 0 Å². The lowest BCUT2D eigenvalue weighted by atomic mass is 9.69. The summed E-state index contributed by atoms with van der Waals surface area (Å²) in [5, 5.41) is 0. The van der Waals surface area contributed by atoms with Crippen LogP contribution in [0.3, 0.4) is 0 Å². The molecule has 26 heavy (non-hydrogen) atoms.